The van der Waals surface area contributed by atoms with Crippen molar-refractivity contribution in [1.29, 1.82) is 0 Å². The molecule has 1 aromatic heterocycles. The number of likely N-dealkylation sites (tertiary alicyclic amines) is 1. The van der Waals surface area contributed by atoms with Gasteiger partial charge in [-0.2, -0.15) is 0 Å². The molecule has 2 aromatic rings. The summed E-state index contributed by atoms with van der Waals surface area (Å²) in [6.45, 7) is 3.73. The normalized spacial score (nSPS) is 20.3. The van der Waals surface area contributed by atoms with E-state index >= 15 is 0 Å². The zero-order chi connectivity index (χ0) is 15.5. The molecule has 23 heavy (non-hydrogen) atoms. The molecular weight excluding hydrogens is 284 g/mol. The average molecular weight is 312 g/mol. The molecule has 0 amide bonds. The van der Waals surface area contributed by atoms with E-state index in [9.17, 15) is 0 Å². The van der Waals surface area contributed by atoms with Crippen LogP contribution in [0.25, 0.3) is 10.9 Å². The van der Waals surface area contributed by atoms with Gasteiger partial charge in [-0.3, -0.25) is 0 Å². The molecule has 3 heteroatoms. The summed E-state index contributed by atoms with van der Waals surface area (Å²) in [5.41, 5.74) is 2.67. The second kappa shape index (κ2) is 6.96. The van der Waals surface area contributed by atoms with Gasteiger partial charge in [0.2, 0.25) is 0 Å². The molecule has 0 atom stereocenters. The van der Waals surface area contributed by atoms with Crippen LogP contribution in [-0.4, -0.2) is 35.6 Å². The molecule has 0 bridgehead atoms. The zero-order valence-corrected chi connectivity index (χ0v) is 14.0. The van der Waals surface area contributed by atoms with E-state index in [0.717, 1.165) is 12.2 Å². The van der Waals surface area contributed by atoms with E-state index in [-0.39, 0.29) is 0 Å². The van der Waals surface area contributed by atoms with Crippen molar-refractivity contribution in [2.75, 3.05) is 19.6 Å². The van der Waals surface area contributed by atoms with Gasteiger partial charge in [0, 0.05) is 23.6 Å². The van der Waals surface area contributed by atoms with Gasteiger partial charge in [-0.1, -0.05) is 6.42 Å². The molecule has 124 valence electrons. The summed E-state index contributed by atoms with van der Waals surface area (Å²) < 4.78 is 6.24. The Morgan fingerprint density at radius 2 is 1.87 bits per heavy atom. The summed E-state index contributed by atoms with van der Waals surface area (Å²) >= 11 is 0. The number of benzene rings is 1. The highest BCUT2D eigenvalue weighted by Crippen LogP contribution is 2.28. The third-order valence-corrected chi connectivity index (χ3v) is 5.49. The molecule has 1 saturated carbocycles. The molecule has 1 aromatic carbocycles. The first-order chi connectivity index (χ1) is 11.4. The van der Waals surface area contributed by atoms with Crippen LogP contribution in [-0.2, 0) is 6.42 Å². The third-order valence-electron chi connectivity index (χ3n) is 5.49. The lowest BCUT2D eigenvalue weighted by Crippen LogP contribution is -2.21. The highest BCUT2D eigenvalue weighted by molar-refractivity contribution is 5.84. The van der Waals surface area contributed by atoms with Crippen LogP contribution in [0.2, 0.25) is 0 Å². The molecule has 3 nitrogen and oxygen atoms in total. The number of aromatic amines is 1. The van der Waals surface area contributed by atoms with Gasteiger partial charge >= 0.3 is 0 Å². The summed E-state index contributed by atoms with van der Waals surface area (Å²) in [7, 11) is 0. The lowest BCUT2D eigenvalue weighted by atomic mass is 9.98. The Morgan fingerprint density at radius 1 is 1.04 bits per heavy atom. The molecule has 1 aliphatic heterocycles. The Bertz CT molecular complexity index is 636. The van der Waals surface area contributed by atoms with Crippen molar-refractivity contribution in [3.63, 3.8) is 0 Å². The maximum Gasteiger partial charge on any atom is 0.120 e. The highest BCUT2D eigenvalue weighted by Gasteiger charge is 2.16. The van der Waals surface area contributed by atoms with Gasteiger partial charge in [0.15, 0.2) is 0 Å². The summed E-state index contributed by atoms with van der Waals surface area (Å²) in [4.78, 5) is 6.00. The first-order valence-corrected chi connectivity index (χ1v) is 9.37. The highest BCUT2D eigenvalue weighted by atomic mass is 16.5. The molecule has 2 aliphatic rings. The number of hydrogen-bond donors (Lipinski definition) is 1. The second-order valence-electron chi connectivity index (χ2n) is 7.20. The second-order valence-corrected chi connectivity index (χ2v) is 7.20. The Hall–Kier alpha value is -1.48. The fourth-order valence-corrected chi connectivity index (χ4v) is 4.10. The number of H-pyrrole nitrogens is 1. The number of fused-ring (bicyclic) bond motifs is 1. The number of aromatic nitrogens is 1. The van der Waals surface area contributed by atoms with E-state index in [2.05, 4.69) is 34.3 Å². The minimum atomic E-state index is 0.424. The van der Waals surface area contributed by atoms with Crippen LogP contribution in [0.5, 0.6) is 5.75 Å². The Labute approximate surface area is 139 Å². The molecular formula is C20H28N2O. The quantitative estimate of drug-likeness (QED) is 0.879. The van der Waals surface area contributed by atoms with Gasteiger partial charge in [0.05, 0.1) is 6.10 Å². The van der Waals surface area contributed by atoms with Crippen LogP contribution in [0.3, 0.4) is 0 Å². The topological polar surface area (TPSA) is 28.3 Å². The molecule has 2 heterocycles. The van der Waals surface area contributed by atoms with Gasteiger partial charge < -0.3 is 14.6 Å². The first-order valence-electron chi connectivity index (χ1n) is 9.37. The summed E-state index contributed by atoms with van der Waals surface area (Å²) in [5.74, 6) is 1.05. The lowest BCUT2D eigenvalue weighted by molar-refractivity contribution is 0.155. The molecule has 1 N–H and O–H groups in total. The number of rotatable bonds is 5. The standard InChI is InChI=1S/C20H28N2O/c1-2-6-17(7-3-1)23-18-8-9-20-19(14-18)16(15-21-20)10-13-22-11-4-5-12-22/h8-9,14-15,17,21H,1-7,10-13H2. The average Bonchev–Trinajstić information content (AvgIpc) is 3.23. The van der Waals surface area contributed by atoms with Gasteiger partial charge in [-0.05, 0) is 81.8 Å². The van der Waals surface area contributed by atoms with Gasteiger partial charge in [0.1, 0.15) is 5.75 Å². The van der Waals surface area contributed by atoms with E-state index in [1.54, 1.807) is 0 Å². The number of nitrogens with one attached hydrogen (secondary N) is 1. The van der Waals surface area contributed by atoms with Crippen LogP contribution in [0.15, 0.2) is 24.4 Å². The molecule has 4 rings (SSSR count). The largest absolute Gasteiger partial charge is 0.490 e. The first kappa shape index (κ1) is 15.1. The van der Waals surface area contributed by atoms with Crippen molar-refractivity contribution in [1.82, 2.24) is 9.88 Å². The fourth-order valence-electron chi connectivity index (χ4n) is 4.10. The molecule has 0 radical (unpaired) electrons. The lowest BCUT2D eigenvalue weighted by Gasteiger charge is -2.23. The summed E-state index contributed by atoms with van der Waals surface area (Å²) in [6.07, 6.45) is 12.9. The van der Waals surface area contributed by atoms with Crippen LogP contribution in [0, 0.1) is 0 Å². The third kappa shape index (κ3) is 3.55. The van der Waals surface area contributed by atoms with Gasteiger partial charge in [0.25, 0.3) is 0 Å². The summed E-state index contributed by atoms with van der Waals surface area (Å²) in [5, 5.41) is 1.34. The van der Waals surface area contributed by atoms with Crippen molar-refractivity contribution < 1.29 is 4.74 Å². The van der Waals surface area contributed by atoms with Crippen molar-refractivity contribution >= 4 is 10.9 Å². The Balaban J connectivity index is 1.46. The zero-order valence-electron chi connectivity index (χ0n) is 14.0. The van der Waals surface area contributed by atoms with Crippen molar-refractivity contribution in [3.8, 4) is 5.75 Å². The van der Waals surface area contributed by atoms with Gasteiger partial charge in [-0.25, -0.2) is 0 Å². The summed E-state index contributed by atoms with van der Waals surface area (Å²) in [6, 6.07) is 6.55. The molecule has 2 fully saturated rings. The molecule has 1 aliphatic carbocycles. The molecule has 0 spiro atoms. The van der Waals surface area contributed by atoms with E-state index in [4.69, 9.17) is 4.74 Å². The monoisotopic (exact) mass is 312 g/mol. The fraction of sp³-hybridized carbons (Fsp3) is 0.600. The van der Waals surface area contributed by atoms with Crippen molar-refractivity contribution in [2.45, 2.75) is 57.5 Å². The minimum Gasteiger partial charge on any atom is -0.490 e. The minimum absolute atomic E-state index is 0.424. The predicted octanol–water partition coefficient (Wildman–Crippen LogP) is 4.52. The number of nitrogens with zero attached hydrogens (tertiary/aromatic N) is 1. The Morgan fingerprint density at radius 3 is 2.70 bits per heavy atom. The predicted molar refractivity (Wildman–Crippen MR) is 95.2 cm³/mol. The van der Waals surface area contributed by atoms with E-state index < -0.39 is 0 Å². The maximum absolute atomic E-state index is 6.24. The van der Waals surface area contributed by atoms with Crippen LogP contribution in [0.1, 0.15) is 50.5 Å². The van der Waals surface area contributed by atoms with E-state index in [1.165, 1.54) is 81.0 Å². The van der Waals surface area contributed by atoms with Crippen molar-refractivity contribution in [3.05, 3.63) is 30.0 Å². The maximum atomic E-state index is 6.24. The molecule has 1 saturated heterocycles. The van der Waals surface area contributed by atoms with Crippen LogP contribution < -0.4 is 4.74 Å². The molecule has 0 unspecified atom stereocenters. The van der Waals surface area contributed by atoms with Crippen LogP contribution in [0.4, 0.5) is 0 Å². The number of ether oxygens (including phenoxy) is 1. The van der Waals surface area contributed by atoms with Gasteiger partial charge in [-0.15, -0.1) is 0 Å². The van der Waals surface area contributed by atoms with Crippen molar-refractivity contribution in [2.24, 2.45) is 0 Å². The van der Waals surface area contributed by atoms with E-state index in [1.807, 2.05) is 0 Å². The Kier molecular flexibility index (Phi) is 4.56. The number of hydrogen-bond acceptors (Lipinski definition) is 2. The van der Waals surface area contributed by atoms with E-state index in [0.29, 0.717) is 6.10 Å². The smallest absolute Gasteiger partial charge is 0.120 e. The van der Waals surface area contributed by atoms with Crippen LogP contribution >= 0.6 is 0 Å². The SMILES string of the molecule is c1cc2[nH]cc(CCN3CCCC3)c2cc1OC1CCCCC1.